The van der Waals surface area contributed by atoms with Crippen molar-refractivity contribution in [1.82, 2.24) is 4.72 Å². The number of hydrogen-bond donors (Lipinski definition) is 6. The third-order valence-corrected chi connectivity index (χ3v) is 4.06. The van der Waals surface area contributed by atoms with Gasteiger partial charge in [0.05, 0.1) is 6.61 Å². The maximum Gasteiger partial charge on any atom is 0.397 e. The molecule has 0 amide bonds. The summed E-state index contributed by atoms with van der Waals surface area (Å²) in [5, 5.41) is 19.5. The highest BCUT2D eigenvalue weighted by Crippen LogP contribution is 2.24. The molecule has 1 aliphatic rings. The van der Waals surface area contributed by atoms with Crippen LogP contribution in [0.4, 0.5) is 0 Å². The number of aliphatic hydroxyl groups is 2. The molecule has 1 saturated heterocycles. The van der Waals surface area contributed by atoms with Gasteiger partial charge in [-0.25, -0.2) is 8.37 Å². The van der Waals surface area contributed by atoms with Gasteiger partial charge in [0, 0.05) is 0 Å². The highest BCUT2D eigenvalue weighted by Gasteiger charge is 2.49. The van der Waals surface area contributed by atoms with Crippen LogP contribution in [-0.4, -0.2) is 86.4 Å². The largest absolute Gasteiger partial charge is 0.397 e. The summed E-state index contributed by atoms with van der Waals surface area (Å²) in [6.07, 6.45) is -8.58. The van der Waals surface area contributed by atoms with E-state index >= 15 is 0 Å². The molecule has 0 radical (unpaired) electrons. The van der Waals surface area contributed by atoms with E-state index in [-0.39, 0.29) is 0 Å². The molecular weight excluding hydrogens is 406 g/mol. The van der Waals surface area contributed by atoms with Gasteiger partial charge in [0.15, 0.2) is 6.29 Å². The Hall–Kier alpha value is -0.510. The molecule has 1 rings (SSSR count). The topological polar surface area (TPSA) is 243 Å². The monoisotopic (exact) mass is 419 g/mol. The molecule has 1 aliphatic heterocycles. The second-order valence-electron chi connectivity index (χ2n) is 4.38. The van der Waals surface area contributed by atoms with Gasteiger partial charge in [-0.3, -0.25) is 13.7 Å². The van der Waals surface area contributed by atoms with Crippen LogP contribution in [0.25, 0.3) is 0 Å². The van der Waals surface area contributed by atoms with Gasteiger partial charge in [0.25, 0.3) is 0 Å². The minimum atomic E-state index is -5.29. The van der Waals surface area contributed by atoms with Crippen molar-refractivity contribution in [2.75, 3.05) is 6.61 Å². The van der Waals surface area contributed by atoms with Gasteiger partial charge >= 0.3 is 31.1 Å². The Kier molecular flexibility index (Phi) is 6.63. The lowest BCUT2D eigenvalue weighted by Crippen LogP contribution is -2.65. The van der Waals surface area contributed by atoms with Crippen LogP contribution in [0.2, 0.25) is 0 Å². The number of ether oxygens (including phenoxy) is 1. The van der Waals surface area contributed by atoms with Gasteiger partial charge in [0.2, 0.25) is 0 Å². The quantitative estimate of drug-likeness (QED) is 0.214. The molecular formula is C6H13NO14S3. The molecule has 1 fully saturated rings. The molecule has 0 unspecified atom stereocenters. The summed E-state index contributed by atoms with van der Waals surface area (Å²) in [7, 11) is -15.3. The SMILES string of the molecule is O=S(=O)(O)N[C@@H]1[C@@H](OS(=O)(=O)O)[C@H](O)[C@@H](COS(=O)(=O)O)O[C@@H]1O. The molecule has 5 atom stereocenters. The minimum absolute atomic E-state index is 1.14. The first-order valence-electron chi connectivity index (χ1n) is 5.63. The second kappa shape index (κ2) is 7.39. The normalized spacial score (nSPS) is 32.6. The molecule has 144 valence electrons. The highest BCUT2D eigenvalue weighted by molar-refractivity contribution is 7.83. The Labute approximate surface area is 135 Å². The molecule has 1 heterocycles. The maximum atomic E-state index is 10.8. The molecule has 15 nitrogen and oxygen atoms in total. The van der Waals surface area contributed by atoms with Crippen LogP contribution in [0.3, 0.4) is 0 Å². The van der Waals surface area contributed by atoms with Crippen molar-refractivity contribution >= 4 is 31.1 Å². The van der Waals surface area contributed by atoms with Gasteiger partial charge < -0.3 is 14.9 Å². The van der Waals surface area contributed by atoms with E-state index in [0.29, 0.717) is 0 Å². The summed E-state index contributed by atoms with van der Waals surface area (Å²) in [5.41, 5.74) is 0. The van der Waals surface area contributed by atoms with Gasteiger partial charge in [-0.2, -0.15) is 30.0 Å². The van der Waals surface area contributed by atoms with E-state index in [1.807, 2.05) is 0 Å². The second-order valence-corrected chi connectivity index (χ2v) is 7.70. The molecule has 0 bridgehead atoms. The molecule has 0 aliphatic carbocycles. The summed E-state index contributed by atoms with van der Waals surface area (Å²) in [6.45, 7) is -1.14. The lowest BCUT2D eigenvalue weighted by Gasteiger charge is -2.41. The predicted octanol–water partition coefficient (Wildman–Crippen LogP) is -4.17. The Balaban J connectivity index is 3.08. The van der Waals surface area contributed by atoms with Gasteiger partial charge in [-0.15, -0.1) is 0 Å². The van der Waals surface area contributed by atoms with E-state index in [1.165, 1.54) is 4.72 Å². The fourth-order valence-electron chi connectivity index (χ4n) is 1.78. The molecule has 0 spiro atoms. The molecule has 24 heavy (non-hydrogen) atoms. The van der Waals surface area contributed by atoms with E-state index in [2.05, 4.69) is 13.1 Å². The average molecular weight is 419 g/mol. The summed E-state index contributed by atoms with van der Waals surface area (Å²) < 4.78 is 104. The van der Waals surface area contributed by atoms with Crippen molar-refractivity contribution in [3.8, 4) is 0 Å². The lowest BCUT2D eigenvalue weighted by atomic mass is 9.98. The van der Waals surface area contributed by atoms with Crippen molar-refractivity contribution in [3.63, 3.8) is 0 Å². The summed E-state index contributed by atoms with van der Waals surface area (Å²) >= 11 is 0. The van der Waals surface area contributed by atoms with Crippen molar-refractivity contribution in [2.45, 2.75) is 30.6 Å². The van der Waals surface area contributed by atoms with Crippen LogP contribution >= 0.6 is 0 Å². The Bertz CT molecular complexity index is 741. The highest BCUT2D eigenvalue weighted by atomic mass is 32.3. The molecule has 18 heteroatoms. The van der Waals surface area contributed by atoms with Gasteiger partial charge in [-0.1, -0.05) is 0 Å². The smallest absolute Gasteiger partial charge is 0.387 e. The van der Waals surface area contributed by atoms with Gasteiger partial charge in [0.1, 0.15) is 24.4 Å². The number of nitrogens with one attached hydrogen (secondary N) is 1. The van der Waals surface area contributed by atoms with Crippen LogP contribution in [0.1, 0.15) is 0 Å². The fraction of sp³-hybridized carbons (Fsp3) is 1.00. The van der Waals surface area contributed by atoms with Crippen LogP contribution in [-0.2, 0) is 44.2 Å². The van der Waals surface area contributed by atoms with Crippen molar-refractivity contribution in [1.29, 1.82) is 0 Å². The maximum absolute atomic E-state index is 10.8. The zero-order valence-corrected chi connectivity index (χ0v) is 13.7. The first-order chi connectivity index (χ1) is 10.6. The van der Waals surface area contributed by atoms with E-state index in [4.69, 9.17) is 13.7 Å². The zero-order chi connectivity index (χ0) is 18.9. The third kappa shape index (κ3) is 7.16. The summed E-state index contributed by atoms with van der Waals surface area (Å²) in [4.78, 5) is 0. The summed E-state index contributed by atoms with van der Waals surface area (Å²) in [6, 6.07) is -2.13. The molecule has 0 saturated carbocycles. The van der Waals surface area contributed by atoms with E-state index < -0.39 is 68.4 Å². The predicted molar refractivity (Wildman–Crippen MR) is 69.3 cm³/mol. The fourth-order valence-corrected chi connectivity index (χ4v) is 3.19. The molecule has 0 aromatic rings. The van der Waals surface area contributed by atoms with E-state index in [1.54, 1.807) is 0 Å². The Morgan fingerprint density at radius 2 is 1.50 bits per heavy atom. The summed E-state index contributed by atoms with van der Waals surface area (Å²) in [5.74, 6) is 0. The van der Waals surface area contributed by atoms with Crippen LogP contribution in [0.15, 0.2) is 0 Å². The third-order valence-electron chi connectivity index (χ3n) is 2.59. The minimum Gasteiger partial charge on any atom is -0.387 e. The molecule has 0 aromatic heterocycles. The van der Waals surface area contributed by atoms with Crippen LogP contribution < -0.4 is 4.72 Å². The number of rotatable bonds is 7. The van der Waals surface area contributed by atoms with Gasteiger partial charge in [-0.05, 0) is 0 Å². The van der Waals surface area contributed by atoms with Crippen molar-refractivity contribution < 1.29 is 62.2 Å². The van der Waals surface area contributed by atoms with Crippen LogP contribution in [0, 0.1) is 0 Å². The van der Waals surface area contributed by atoms with Crippen LogP contribution in [0.5, 0.6) is 0 Å². The first-order valence-corrected chi connectivity index (χ1v) is 9.80. The standard InChI is InChI=1S/C6H13NO14S3/c8-4-2(1-19-23(13,14)15)20-6(9)3(7-22(10,11)12)5(4)21-24(16,17)18/h2-9H,1H2,(H,10,11,12)(H,13,14,15)(H,16,17,18)/t2-,3-,4-,5-,6+/m1/s1. The molecule has 0 aromatic carbocycles. The van der Waals surface area contributed by atoms with E-state index in [9.17, 15) is 35.5 Å². The Morgan fingerprint density at radius 3 is 1.92 bits per heavy atom. The zero-order valence-electron chi connectivity index (χ0n) is 11.2. The van der Waals surface area contributed by atoms with Crippen molar-refractivity contribution in [2.24, 2.45) is 0 Å². The number of aliphatic hydroxyl groups excluding tert-OH is 2. The van der Waals surface area contributed by atoms with Crippen molar-refractivity contribution in [3.05, 3.63) is 0 Å². The number of hydrogen-bond acceptors (Lipinski definition) is 11. The van der Waals surface area contributed by atoms with E-state index in [0.717, 1.165) is 0 Å². The average Bonchev–Trinajstić information content (AvgIpc) is 2.32. The Morgan fingerprint density at radius 1 is 0.958 bits per heavy atom. The molecule has 6 N–H and O–H groups in total. The first kappa shape index (κ1) is 21.5. The lowest BCUT2D eigenvalue weighted by molar-refractivity contribution is -0.245.